The molecule has 1 nitrogen and oxygen atoms in total. The number of rotatable bonds is 4. The molecule has 0 aliphatic heterocycles. The summed E-state index contributed by atoms with van der Waals surface area (Å²) in [6, 6.07) is 0. The van der Waals surface area contributed by atoms with Crippen LogP contribution in [0.1, 0.15) is 36.5 Å². The first-order valence-electron chi connectivity index (χ1n) is 3.91. The molecule has 0 saturated heterocycles. The summed E-state index contributed by atoms with van der Waals surface area (Å²) in [6.45, 7) is 6.14. The van der Waals surface area contributed by atoms with Gasteiger partial charge in [-0.1, -0.05) is 17.2 Å². The zero-order valence-corrected chi connectivity index (χ0v) is 11.2. The molecule has 0 saturated carbocycles. The third-order valence-corrected chi connectivity index (χ3v) is 1.44. The van der Waals surface area contributed by atoms with E-state index in [1.807, 2.05) is 6.92 Å². The van der Waals surface area contributed by atoms with Crippen molar-refractivity contribution in [2.75, 3.05) is 0 Å². The molecule has 0 aliphatic rings. The van der Waals surface area contributed by atoms with E-state index in [9.17, 15) is 4.79 Å². The number of hydrogen-bond donors (Lipinski definition) is 0. The molecule has 0 unspecified atom stereocenters. The fourth-order valence-corrected chi connectivity index (χ4v) is 0.788. The Morgan fingerprint density at radius 2 is 1.85 bits per heavy atom. The Kier molecular flexibility index (Phi) is 17.9. The van der Waals surface area contributed by atoms with Crippen molar-refractivity contribution < 1.29 is 7.65 Å². The predicted molar refractivity (Wildman–Crippen MR) is 66.8 cm³/mol. The van der Waals surface area contributed by atoms with Crippen LogP contribution in [0.5, 0.6) is 0 Å². The molecular formula is C10H20MgOS. The maximum absolute atomic E-state index is 10.0. The van der Waals surface area contributed by atoms with Gasteiger partial charge in [0.2, 0.25) is 0 Å². The molecule has 0 bridgehead atoms. The van der Waals surface area contributed by atoms with E-state index in [2.05, 4.69) is 19.9 Å². The summed E-state index contributed by atoms with van der Waals surface area (Å²) in [4.78, 5) is 10.0. The Morgan fingerprint density at radius 1 is 1.31 bits per heavy atom. The van der Waals surface area contributed by atoms with E-state index in [1.54, 1.807) is 6.08 Å². The fourth-order valence-electron chi connectivity index (χ4n) is 0.788. The van der Waals surface area contributed by atoms with Gasteiger partial charge < -0.3 is 2.85 Å². The average molecular weight is 213 g/mol. The van der Waals surface area contributed by atoms with E-state index in [4.69, 9.17) is 0 Å². The Bertz CT molecular complexity index is 190. The van der Waals surface area contributed by atoms with Gasteiger partial charge in [-0.3, -0.25) is 4.79 Å². The summed E-state index contributed by atoms with van der Waals surface area (Å²) >= 11 is 0. The first kappa shape index (κ1) is 18.9. The van der Waals surface area contributed by atoms with Gasteiger partial charge in [0.1, 0.15) is 6.29 Å². The van der Waals surface area contributed by atoms with E-state index in [0.29, 0.717) is 0 Å². The van der Waals surface area contributed by atoms with Crippen LogP contribution in [0.4, 0.5) is 0 Å². The maximum atomic E-state index is 10.0. The Hall–Kier alpha value is 0.266. The minimum absolute atomic E-state index is 0. The molecule has 0 aromatic carbocycles. The van der Waals surface area contributed by atoms with Crippen molar-refractivity contribution >= 4 is 42.8 Å². The summed E-state index contributed by atoms with van der Waals surface area (Å²) in [7, 11) is 0. The zero-order chi connectivity index (χ0) is 8.69. The van der Waals surface area contributed by atoms with Gasteiger partial charge in [-0.15, -0.1) is 0 Å². The normalized spacial score (nSPS) is 9.31. The van der Waals surface area contributed by atoms with Crippen molar-refractivity contribution in [3.63, 3.8) is 0 Å². The topological polar surface area (TPSA) is 17.1 Å². The molecule has 0 N–H and O–H groups in total. The van der Waals surface area contributed by atoms with Crippen LogP contribution < -0.4 is 0 Å². The fraction of sp³-hybridized carbons (Fsp3) is 0.500. The number of hydrogen-bond acceptors (Lipinski definition) is 1. The molecule has 0 aromatic rings. The van der Waals surface area contributed by atoms with Crippen molar-refractivity contribution in [2.24, 2.45) is 0 Å². The molecule has 0 fully saturated rings. The monoisotopic (exact) mass is 212 g/mol. The molecule has 0 radical (unpaired) electrons. The van der Waals surface area contributed by atoms with Gasteiger partial charge in [0.05, 0.1) is 0 Å². The average Bonchev–Trinajstić information content (AvgIpc) is 1.87. The van der Waals surface area contributed by atoms with Gasteiger partial charge in [0, 0.05) is 0 Å². The largest absolute Gasteiger partial charge is 2.00 e. The first-order valence-corrected chi connectivity index (χ1v) is 3.91. The molecular weight excluding hydrogens is 192 g/mol. The van der Waals surface area contributed by atoms with E-state index >= 15 is 0 Å². The van der Waals surface area contributed by atoms with Gasteiger partial charge in [-0.05, 0) is 39.7 Å². The molecule has 0 spiro atoms. The minimum Gasteiger partial charge on any atom is -1.00 e. The van der Waals surface area contributed by atoms with Crippen molar-refractivity contribution in [1.82, 2.24) is 0 Å². The molecule has 13 heavy (non-hydrogen) atoms. The SMILES string of the molecule is CC(C)=CCCC(C)=CC=O.S.[H-].[H-].[Mg+2]. The number of aldehydes is 1. The van der Waals surface area contributed by atoms with E-state index in [0.717, 1.165) is 24.7 Å². The Morgan fingerprint density at radius 3 is 2.23 bits per heavy atom. The van der Waals surface area contributed by atoms with Gasteiger partial charge in [0.25, 0.3) is 0 Å². The van der Waals surface area contributed by atoms with Crippen LogP contribution in [0.25, 0.3) is 0 Å². The van der Waals surface area contributed by atoms with Crippen molar-refractivity contribution in [3.8, 4) is 0 Å². The number of allylic oxidation sites excluding steroid dienone is 4. The van der Waals surface area contributed by atoms with Crippen LogP contribution in [-0.4, -0.2) is 29.3 Å². The molecule has 0 atom stereocenters. The van der Waals surface area contributed by atoms with Crippen molar-refractivity contribution in [1.29, 1.82) is 0 Å². The molecule has 3 heteroatoms. The minimum atomic E-state index is 0. The van der Waals surface area contributed by atoms with Crippen LogP contribution in [0.3, 0.4) is 0 Å². The van der Waals surface area contributed by atoms with Gasteiger partial charge in [-0.25, -0.2) is 0 Å². The molecule has 0 aliphatic carbocycles. The Labute approximate surface area is 107 Å². The standard InChI is InChI=1S/C10H16O.Mg.H2S.2H/c1-9(2)5-4-6-10(3)7-8-11;;;;/h5,7-8H,4,6H2,1-3H3;;1H2;;/q;+2;;2*-1. The molecule has 0 amide bonds. The molecule has 74 valence electrons. The van der Waals surface area contributed by atoms with E-state index in [-0.39, 0.29) is 39.4 Å². The predicted octanol–water partition coefficient (Wildman–Crippen LogP) is 2.84. The van der Waals surface area contributed by atoms with Gasteiger partial charge in [-0.2, -0.15) is 13.5 Å². The summed E-state index contributed by atoms with van der Waals surface area (Å²) in [5, 5.41) is 0. The van der Waals surface area contributed by atoms with Crippen LogP contribution >= 0.6 is 13.5 Å². The van der Waals surface area contributed by atoms with E-state index < -0.39 is 0 Å². The van der Waals surface area contributed by atoms with Crippen LogP contribution in [0, 0.1) is 0 Å². The zero-order valence-electron chi connectivity index (χ0n) is 10.8. The summed E-state index contributed by atoms with van der Waals surface area (Å²) in [5.41, 5.74) is 2.49. The second kappa shape index (κ2) is 12.3. The molecule has 0 heterocycles. The van der Waals surface area contributed by atoms with Gasteiger partial charge >= 0.3 is 23.1 Å². The molecule has 0 rings (SSSR count). The number of carbonyl (C=O) groups is 1. The number of carbonyl (C=O) groups excluding carboxylic acids is 1. The third-order valence-electron chi connectivity index (χ3n) is 1.44. The van der Waals surface area contributed by atoms with Crippen molar-refractivity contribution in [3.05, 3.63) is 23.3 Å². The summed E-state index contributed by atoms with van der Waals surface area (Å²) in [6.07, 6.45) is 6.68. The molecule has 0 aromatic heterocycles. The maximum Gasteiger partial charge on any atom is 2.00 e. The first-order chi connectivity index (χ1) is 5.16. The smallest absolute Gasteiger partial charge is 1.00 e. The summed E-state index contributed by atoms with van der Waals surface area (Å²) < 4.78 is 0. The van der Waals surface area contributed by atoms with E-state index in [1.165, 1.54) is 5.57 Å². The van der Waals surface area contributed by atoms with Crippen LogP contribution in [0.15, 0.2) is 23.3 Å². The quantitative estimate of drug-likeness (QED) is 0.303. The third kappa shape index (κ3) is 15.1. The second-order valence-electron chi connectivity index (χ2n) is 2.97. The van der Waals surface area contributed by atoms with Crippen molar-refractivity contribution in [2.45, 2.75) is 33.6 Å². The Balaban J connectivity index is -0.0000000833. The van der Waals surface area contributed by atoms with Crippen LogP contribution in [-0.2, 0) is 4.79 Å². The van der Waals surface area contributed by atoms with Crippen LogP contribution in [0.2, 0.25) is 0 Å². The summed E-state index contributed by atoms with van der Waals surface area (Å²) in [5.74, 6) is 0. The second-order valence-corrected chi connectivity index (χ2v) is 2.97. The van der Waals surface area contributed by atoms with Gasteiger partial charge in [0.15, 0.2) is 0 Å².